The van der Waals surface area contributed by atoms with Crippen molar-refractivity contribution < 1.29 is 4.79 Å². The second-order valence-corrected chi connectivity index (χ2v) is 6.33. The van der Waals surface area contributed by atoms with Crippen LogP contribution in [0.1, 0.15) is 29.4 Å². The first-order chi connectivity index (χ1) is 9.51. The number of carbonyl (C=O) groups excluding carboxylic acids is 1. The summed E-state index contributed by atoms with van der Waals surface area (Å²) in [6.07, 6.45) is 2.02. The molecule has 1 unspecified atom stereocenters. The van der Waals surface area contributed by atoms with E-state index in [2.05, 4.69) is 29.2 Å². The lowest BCUT2D eigenvalue weighted by molar-refractivity contribution is 0.0943. The van der Waals surface area contributed by atoms with Gasteiger partial charge in [0.1, 0.15) is 10.7 Å². The van der Waals surface area contributed by atoms with Crippen molar-refractivity contribution in [1.29, 1.82) is 0 Å². The van der Waals surface area contributed by atoms with Crippen molar-refractivity contribution in [2.75, 3.05) is 44.4 Å². The second kappa shape index (κ2) is 6.41. The van der Waals surface area contributed by atoms with Gasteiger partial charge in [-0.3, -0.25) is 4.79 Å². The van der Waals surface area contributed by atoms with Gasteiger partial charge >= 0.3 is 0 Å². The molecule has 0 bridgehead atoms. The molecule has 112 valence electrons. The first kappa shape index (κ1) is 15.1. The van der Waals surface area contributed by atoms with Crippen LogP contribution in [0.25, 0.3) is 0 Å². The second-order valence-electron chi connectivity index (χ2n) is 5.35. The summed E-state index contributed by atoms with van der Waals surface area (Å²) in [5.74, 6) is 0.230. The standard InChI is InChI=1S/C13H23N5OS/c1-4-6-18(3)13-16-11(14)10(20-13)12(19)15-9-5-7-17(2)8-9/h9H,4-8,14H2,1-3H3,(H,15,19). The molecule has 1 aliphatic heterocycles. The molecular formula is C13H23N5OS. The molecule has 1 amide bonds. The van der Waals surface area contributed by atoms with Crippen LogP contribution in [0.15, 0.2) is 0 Å². The maximum atomic E-state index is 12.3. The van der Waals surface area contributed by atoms with Gasteiger partial charge in [0.25, 0.3) is 5.91 Å². The lowest BCUT2D eigenvalue weighted by Gasteiger charge is -2.13. The predicted octanol–water partition coefficient (Wildman–Crippen LogP) is 1.01. The molecular weight excluding hydrogens is 274 g/mol. The van der Waals surface area contributed by atoms with Crippen LogP contribution >= 0.6 is 11.3 Å². The van der Waals surface area contributed by atoms with Gasteiger partial charge < -0.3 is 20.9 Å². The maximum absolute atomic E-state index is 12.3. The number of nitrogens with two attached hydrogens (primary N) is 1. The summed E-state index contributed by atoms with van der Waals surface area (Å²) in [6.45, 7) is 4.93. The molecule has 0 saturated carbocycles. The maximum Gasteiger partial charge on any atom is 0.265 e. The molecule has 1 aromatic rings. The fourth-order valence-electron chi connectivity index (χ4n) is 2.38. The molecule has 1 atom stereocenters. The zero-order valence-electron chi connectivity index (χ0n) is 12.3. The van der Waals surface area contributed by atoms with Gasteiger partial charge in [-0.25, -0.2) is 4.98 Å². The summed E-state index contributed by atoms with van der Waals surface area (Å²) in [6, 6.07) is 0.214. The van der Waals surface area contributed by atoms with Crippen LogP contribution in [-0.2, 0) is 0 Å². The third-order valence-corrected chi connectivity index (χ3v) is 4.64. The average molecular weight is 297 g/mol. The molecule has 1 aromatic heterocycles. The van der Waals surface area contributed by atoms with E-state index in [1.807, 2.05) is 11.9 Å². The number of amides is 1. The van der Waals surface area contributed by atoms with E-state index in [1.54, 1.807) is 0 Å². The SMILES string of the molecule is CCCN(C)c1nc(N)c(C(=O)NC2CCN(C)C2)s1. The molecule has 7 heteroatoms. The van der Waals surface area contributed by atoms with E-state index in [0.29, 0.717) is 10.7 Å². The first-order valence-electron chi connectivity index (χ1n) is 6.98. The normalized spacial score (nSPS) is 19.2. The number of carbonyl (C=O) groups is 1. The smallest absolute Gasteiger partial charge is 0.265 e. The molecule has 1 fully saturated rings. The molecule has 0 spiro atoms. The molecule has 3 N–H and O–H groups in total. The number of likely N-dealkylation sites (tertiary alicyclic amines) is 1. The van der Waals surface area contributed by atoms with Gasteiger partial charge in [-0.1, -0.05) is 18.3 Å². The van der Waals surface area contributed by atoms with Crippen molar-refractivity contribution in [2.24, 2.45) is 0 Å². The Balaban J connectivity index is 2.02. The summed E-state index contributed by atoms with van der Waals surface area (Å²) >= 11 is 1.36. The van der Waals surface area contributed by atoms with Gasteiger partial charge in [0, 0.05) is 26.2 Å². The Hall–Kier alpha value is -1.34. The monoisotopic (exact) mass is 297 g/mol. The number of likely N-dealkylation sites (N-methyl/N-ethyl adjacent to an activating group) is 1. The van der Waals surface area contributed by atoms with E-state index >= 15 is 0 Å². The quantitative estimate of drug-likeness (QED) is 0.848. The zero-order chi connectivity index (χ0) is 14.7. The number of nitrogens with one attached hydrogen (secondary N) is 1. The Morgan fingerprint density at radius 3 is 3.00 bits per heavy atom. The van der Waals surface area contributed by atoms with Crippen molar-refractivity contribution in [3.63, 3.8) is 0 Å². The molecule has 2 rings (SSSR count). The van der Waals surface area contributed by atoms with Crippen molar-refractivity contribution in [3.05, 3.63) is 4.88 Å². The van der Waals surface area contributed by atoms with Crippen LogP contribution in [0.3, 0.4) is 0 Å². The number of anilines is 2. The minimum absolute atomic E-state index is 0.101. The third-order valence-electron chi connectivity index (χ3n) is 3.46. The van der Waals surface area contributed by atoms with E-state index in [1.165, 1.54) is 11.3 Å². The van der Waals surface area contributed by atoms with Gasteiger partial charge in [0.05, 0.1) is 0 Å². The lowest BCUT2D eigenvalue weighted by Crippen LogP contribution is -2.36. The van der Waals surface area contributed by atoms with Crippen molar-refractivity contribution >= 4 is 28.2 Å². The molecule has 1 saturated heterocycles. The Labute approximate surface area is 124 Å². The van der Waals surface area contributed by atoms with E-state index in [0.717, 1.165) is 37.6 Å². The van der Waals surface area contributed by atoms with E-state index in [-0.39, 0.29) is 11.9 Å². The summed E-state index contributed by atoms with van der Waals surface area (Å²) in [5, 5.41) is 3.85. The average Bonchev–Trinajstić information content (AvgIpc) is 2.96. The van der Waals surface area contributed by atoms with Crippen LogP contribution in [0.5, 0.6) is 0 Å². The summed E-state index contributed by atoms with van der Waals surface area (Å²) < 4.78 is 0. The minimum Gasteiger partial charge on any atom is -0.382 e. The number of nitrogen functional groups attached to an aromatic ring is 1. The van der Waals surface area contributed by atoms with Crippen molar-refractivity contribution in [2.45, 2.75) is 25.8 Å². The number of thiazole rings is 1. The third kappa shape index (κ3) is 3.40. The number of hydrogen-bond acceptors (Lipinski definition) is 6. The molecule has 20 heavy (non-hydrogen) atoms. The number of nitrogens with zero attached hydrogens (tertiary/aromatic N) is 3. The molecule has 0 aliphatic carbocycles. The van der Waals surface area contributed by atoms with Crippen molar-refractivity contribution in [1.82, 2.24) is 15.2 Å². The topological polar surface area (TPSA) is 74.5 Å². The highest BCUT2D eigenvalue weighted by molar-refractivity contribution is 7.18. The van der Waals surface area contributed by atoms with Crippen LogP contribution < -0.4 is 16.0 Å². The Bertz CT molecular complexity index is 475. The van der Waals surface area contributed by atoms with Gasteiger partial charge in [-0.15, -0.1) is 0 Å². The molecule has 6 nitrogen and oxygen atoms in total. The largest absolute Gasteiger partial charge is 0.382 e. The van der Waals surface area contributed by atoms with E-state index in [9.17, 15) is 4.79 Å². The number of aromatic nitrogens is 1. The van der Waals surface area contributed by atoms with Gasteiger partial charge in [0.15, 0.2) is 5.13 Å². The fourth-order valence-corrected chi connectivity index (χ4v) is 3.26. The molecule has 2 heterocycles. The van der Waals surface area contributed by atoms with Gasteiger partial charge in [-0.2, -0.15) is 0 Å². The van der Waals surface area contributed by atoms with E-state index in [4.69, 9.17) is 5.73 Å². The first-order valence-corrected chi connectivity index (χ1v) is 7.79. The predicted molar refractivity (Wildman–Crippen MR) is 83.5 cm³/mol. The van der Waals surface area contributed by atoms with Gasteiger partial charge in [-0.05, 0) is 26.4 Å². The van der Waals surface area contributed by atoms with Crippen LogP contribution in [0.2, 0.25) is 0 Å². The number of hydrogen-bond donors (Lipinski definition) is 2. The fraction of sp³-hybridized carbons (Fsp3) is 0.692. The van der Waals surface area contributed by atoms with Crippen LogP contribution in [0.4, 0.5) is 10.9 Å². The highest BCUT2D eigenvalue weighted by Crippen LogP contribution is 2.27. The summed E-state index contributed by atoms with van der Waals surface area (Å²) in [7, 11) is 4.03. The zero-order valence-corrected chi connectivity index (χ0v) is 13.2. The molecule has 0 aromatic carbocycles. The lowest BCUT2D eigenvalue weighted by atomic mass is 10.2. The van der Waals surface area contributed by atoms with Crippen LogP contribution in [0, 0.1) is 0 Å². The Kier molecular flexibility index (Phi) is 4.82. The highest BCUT2D eigenvalue weighted by Gasteiger charge is 2.24. The van der Waals surface area contributed by atoms with Gasteiger partial charge in [0.2, 0.25) is 0 Å². The number of rotatable bonds is 5. The van der Waals surface area contributed by atoms with Crippen LogP contribution in [-0.4, -0.2) is 55.6 Å². The molecule has 0 radical (unpaired) electrons. The highest BCUT2D eigenvalue weighted by atomic mass is 32.1. The van der Waals surface area contributed by atoms with Crippen molar-refractivity contribution in [3.8, 4) is 0 Å². The van der Waals surface area contributed by atoms with E-state index < -0.39 is 0 Å². The Morgan fingerprint density at radius 1 is 1.65 bits per heavy atom. The molecule has 1 aliphatic rings. The summed E-state index contributed by atoms with van der Waals surface area (Å²) in [5.41, 5.74) is 5.88. The Morgan fingerprint density at radius 2 is 2.40 bits per heavy atom. The summed E-state index contributed by atoms with van der Waals surface area (Å²) in [4.78, 5) is 21.3. The minimum atomic E-state index is -0.101.